The van der Waals surface area contributed by atoms with Crippen LogP contribution in [0.4, 0.5) is 46.0 Å². The Hall–Kier alpha value is -4.28. The third kappa shape index (κ3) is 4.17. The van der Waals surface area contributed by atoms with Crippen LogP contribution < -0.4 is 30.2 Å². The van der Waals surface area contributed by atoms with Crippen LogP contribution in [0.25, 0.3) is 0 Å². The van der Waals surface area contributed by atoms with Crippen LogP contribution in [0.1, 0.15) is 11.4 Å². The molecule has 0 saturated carbocycles. The highest BCUT2D eigenvalue weighted by Gasteiger charge is 2.27. The molecule has 0 radical (unpaired) electrons. The van der Waals surface area contributed by atoms with Crippen LogP contribution in [0.5, 0.6) is 0 Å². The minimum Gasteiger partial charge on any atom is -0.339 e. The standard InChI is InChI=1S/C28H32N10/c1-35-21-7-5-13-31-25(21)37(3)27-23(35)11-9-19(33-27)17-29-15-16-30-18-20-10-12-24-28(34-20)38(4)26-22(36(24)2)8-6-14-32-26/h5-14,29-30H,15-18H2,1-4H3. The molecule has 0 atom stereocenters. The molecule has 6 rings (SSSR count). The summed E-state index contributed by atoms with van der Waals surface area (Å²) in [7, 11) is 8.15. The van der Waals surface area contributed by atoms with E-state index in [2.05, 4.69) is 90.7 Å². The average molecular weight is 509 g/mol. The molecule has 4 aromatic heterocycles. The van der Waals surface area contributed by atoms with E-state index in [9.17, 15) is 0 Å². The summed E-state index contributed by atoms with van der Waals surface area (Å²) in [6, 6.07) is 16.5. The van der Waals surface area contributed by atoms with Crippen LogP contribution in [0.15, 0.2) is 60.9 Å². The fourth-order valence-corrected chi connectivity index (χ4v) is 5.06. The third-order valence-corrected chi connectivity index (χ3v) is 7.16. The number of hydrogen-bond donors (Lipinski definition) is 2. The van der Waals surface area contributed by atoms with Crippen LogP contribution in [0, 0.1) is 0 Å². The van der Waals surface area contributed by atoms with Gasteiger partial charge in [0.1, 0.15) is 0 Å². The Kier molecular flexibility index (Phi) is 6.26. The van der Waals surface area contributed by atoms with Crippen molar-refractivity contribution in [2.75, 3.05) is 60.9 Å². The molecule has 0 unspecified atom stereocenters. The zero-order chi connectivity index (χ0) is 26.2. The van der Waals surface area contributed by atoms with Crippen molar-refractivity contribution >= 4 is 46.0 Å². The Balaban J connectivity index is 1.02. The van der Waals surface area contributed by atoms with E-state index in [4.69, 9.17) is 9.97 Å². The smallest absolute Gasteiger partial charge is 0.158 e. The molecule has 0 aliphatic carbocycles. The van der Waals surface area contributed by atoms with Crippen LogP contribution in [0.2, 0.25) is 0 Å². The van der Waals surface area contributed by atoms with Gasteiger partial charge in [-0.15, -0.1) is 0 Å². The second-order valence-corrected chi connectivity index (χ2v) is 9.57. The summed E-state index contributed by atoms with van der Waals surface area (Å²) in [4.78, 5) is 27.3. The SMILES string of the molecule is CN1c2cccnc2N(C)c2nc(CNCCNCc3ccc4c(n3)N(C)c3ncccc3N4C)ccc21. The van der Waals surface area contributed by atoms with Crippen molar-refractivity contribution in [1.29, 1.82) is 0 Å². The van der Waals surface area contributed by atoms with Gasteiger partial charge in [-0.25, -0.2) is 19.9 Å². The number of anilines is 8. The maximum Gasteiger partial charge on any atom is 0.158 e. The van der Waals surface area contributed by atoms with E-state index in [1.165, 1.54) is 0 Å². The van der Waals surface area contributed by atoms with Crippen molar-refractivity contribution in [2.45, 2.75) is 13.1 Å². The molecule has 0 amide bonds. The molecule has 38 heavy (non-hydrogen) atoms. The first kappa shape index (κ1) is 24.1. The van der Waals surface area contributed by atoms with E-state index < -0.39 is 0 Å². The van der Waals surface area contributed by atoms with Gasteiger partial charge in [0.25, 0.3) is 0 Å². The molecule has 0 bridgehead atoms. The van der Waals surface area contributed by atoms with Gasteiger partial charge in [0.15, 0.2) is 23.3 Å². The van der Waals surface area contributed by atoms with Crippen molar-refractivity contribution in [1.82, 2.24) is 30.6 Å². The summed E-state index contributed by atoms with van der Waals surface area (Å²) >= 11 is 0. The molecule has 10 heteroatoms. The van der Waals surface area contributed by atoms with Gasteiger partial charge >= 0.3 is 0 Å². The number of rotatable bonds is 7. The topological polar surface area (TPSA) is 88.6 Å². The van der Waals surface area contributed by atoms with Crippen molar-refractivity contribution in [3.63, 3.8) is 0 Å². The zero-order valence-corrected chi connectivity index (χ0v) is 22.2. The number of nitrogens with zero attached hydrogens (tertiary/aromatic N) is 8. The predicted molar refractivity (Wildman–Crippen MR) is 153 cm³/mol. The fourth-order valence-electron chi connectivity index (χ4n) is 5.06. The Bertz CT molecular complexity index is 1360. The Morgan fingerprint density at radius 2 is 0.947 bits per heavy atom. The Morgan fingerprint density at radius 3 is 1.39 bits per heavy atom. The first-order valence-corrected chi connectivity index (χ1v) is 12.8. The highest BCUT2D eigenvalue weighted by molar-refractivity contribution is 5.89. The van der Waals surface area contributed by atoms with Crippen molar-refractivity contribution in [2.24, 2.45) is 0 Å². The monoisotopic (exact) mass is 508 g/mol. The second-order valence-electron chi connectivity index (χ2n) is 9.57. The first-order valence-electron chi connectivity index (χ1n) is 12.8. The lowest BCUT2D eigenvalue weighted by Crippen LogP contribution is -2.29. The molecule has 4 aromatic rings. The van der Waals surface area contributed by atoms with Crippen LogP contribution in [-0.2, 0) is 13.1 Å². The van der Waals surface area contributed by atoms with Gasteiger partial charge in [-0.1, -0.05) is 0 Å². The maximum absolute atomic E-state index is 4.92. The van der Waals surface area contributed by atoms with Gasteiger partial charge in [0.05, 0.1) is 34.1 Å². The van der Waals surface area contributed by atoms with Crippen LogP contribution in [0.3, 0.4) is 0 Å². The lowest BCUT2D eigenvalue weighted by Gasteiger charge is -2.34. The number of hydrogen-bond acceptors (Lipinski definition) is 10. The number of fused-ring (bicyclic) bond motifs is 4. The highest BCUT2D eigenvalue weighted by atomic mass is 15.3. The largest absolute Gasteiger partial charge is 0.339 e. The first-order chi connectivity index (χ1) is 18.5. The number of pyridine rings is 4. The molecule has 10 nitrogen and oxygen atoms in total. The summed E-state index contributed by atoms with van der Waals surface area (Å²) in [5.41, 5.74) is 6.31. The molecule has 0 fully saturated rings. The minimum absolute atomic E-state index is 0.697. The van der Waals surface area contributed by atoms with E-state index in [1.807, 2.05) is 38.6 Å². The lowest BCUT2D eigenvalue weighted by molar-refractivity contribution is 0.601. The predicted octanol–water partition coefficient (Wildman–Crippen LogP) is 3.84. The fraction of sp³-hybridized carbons (Fsp3) is 0.286. The van der Waals surface area contributed by atoms with Gasteiger partial charge in [0, 0.05) is 66.8 Å². The molecule has 2 aliphatic heterocycles. The molecular weight excluding hydrogens is 476 g/mol. The van der Waals surface area contributed by atoms with E-state index in [0.717, 1.165) is 70.5 Å². The average Bonchev–Trinajstić information content (AvgIpc) is 2.96. The van der Waals surface area contributed by atoms with Gasteiger partial charge in [-0.05, 0) is 48.5 Å². The molecule has 0 aromatic carbocycles. The zero-order valence-electron chi connectivity index (χ0n) is 22.2. The Labute approximate surface area is 223 Å². The third-order valence-electron chi connectivity index (χ3n) is 7.16. The summed E-state index contributed by atoms with van der Waals surface area (Å²) in [6.45, 7) is 3.04. The maximum atomic E-state index is 4.92. The van der Waals surface area contributed by atoms with E-state index in [0.29, 0.717) is 13.1 Å². The number of aromatic nitrogens is 4. The summed E-state index contributed by atoms with van der Waals surface area (Å²) in [6.07, 6.45) is 3.64. The molecular formula is C28H32N10. The molecule has 6 heterocycles. The minimum atomic E-state index is 0.697. The summed E-state index contributed by atoms with van der Waals surface area (Å²) in [5, 5.41) is 6.99. The molecule has 2 N–H and O–H groups in total. The Morgan fingerprint density at radius 1 is 0.526 bits per heavy atom. The van der Waals surface area contributed by atoms with Gasteiger partial charge < -0.3 is 30.2 Å². The quantitative estimate of drug-likeness (QED) is 0.359. The van der Waals surface area contributed by atoms with E-state index >= 15 is 0 Å². The number of nitrogens with one attached hydrogen (secondary N) is 2. The normalized spacial score (nSPS) is 13.7. The molecule has 194 valence electrons. The van der Waals surface area contributed by atoms with Crippen LogP contribution in [-0.4, -0.2) is 61.2 Å². The summed E-state index contributed by atoms with van der Waals surface area (Å²) < 4.78 is 0. The molecule has 0 saturated heterocycles. The van der Waals surface area contributed by atoms with E-state index in [-0.39, 0.29) is 0 Å². The lowest BCUT2D eigenvalue weighted by atomic mass is 10.2. The summed E-state index contributed by atoms with van der Waals surface area (Å²) in [5.74, 6) is 3.67. The van der Waals surface area contributed by atoms with E-state index in [1.54, 1.807) is 0 Å². The molecule has 0 spiro atoms. The molecule has 2 aliphatic rings. The second kappa shape index (κ2) is 9.88. The van der Waals surface area contributed by atoms with Gasteiger partial charge in [0.2, 0.25) is 0 Å². The van der Waals surface area contributed by atoms with Crippen molar-refractivity contribution in [3.8, 4) is 0 Å². The highest BCUT2D eigenvalue weighted by Crippen LogP contribution is 2.44. The van der Waals surface area contributed by atoms with Gasteiger partial charge in [-0.2, -0.15) is 0 Å². The van der Waals surface area contributed by atoms with Crippen molar-refractivity contribution in [3.05, 3.63) is 72.3 Å². The van der Waals surface area contributed by atoms with Crippen molar-refractivity contribution < 1.29 is 0 Å². The van der Waals surface area contributed by atoms with Gasteiger partial charge in [-0.3, -0.25) is 0 Å². The van der Waals surface area contributed by atoms with Crippen LogP contribution >= 0.6 is 0 Å².